The molecule has 1 fully saturated rings. The minimum atomic E-state index is -0.786. The van der Waals surface area contributed by atoms with Gasteiger partial charge in [-0.15, -0.1) is 0 Å². The largest absolute Gasteiger partial charge is 0.379 e. The molecule has 1 saturated carbocycles. The Labute approximate surface area is 86.5 Å². The smallest absolute Gasteiger partial charge is 0.117 e. The van der Waals surface area contributed by atoms with Gasteiger partial charge in [-0.25, -0.2) is 0 Å². The minimum Gasteiger partial charge on any atom is -0.379 e. The molecule has 0 amide bonds. The number of rotatable bonds is 6. The number of unbranched alkanes of at least 4 members (excludes halogenated alkanes) is 2. The van der Waals surface area contributed by atoms with E-state index in [9.17, 15) is 10.2 Å². The van der Waals surface area contributed by atoms with Crippen LogP contribution in [0.3, 0.4) is 0 Å². The second kappa shape index (κ2) is 5.69. The van der Waals surface area contributed by atoms with Crippen molar-refractivity contribution in [2.24, 2.45) is 0 Å². The van der Waals surface area contributed by atoms with E-state index < -0.39 is 12.0 Å². The van der Waals surface area contributed by atoms with Gasteiger partial charge >= 0.3 is 0 Å². The molecule has 0 aromatic rings. The Morgan fingerprint density at radius 1 is 1.29 bits per heavy atom. The van der Waals surface area contributed by atoms with Crippen LogP contribution in [0.25, 0.3) is 0 Å². The van der Waals surface area contributed by atoms with E-state index in [1.54, 1.807) is 0 Å². The Bertz CT molecular complexity index is 155. The van der Waals surface area contributed by atoms with E-state index in [0.717, 1.165) is 51.4 Å². The predicted octanol–water partition coefficient (Wildman–Crippen LogP) is 1.74. The first-order valence-electron chi connectivity index (χ1n) is 5.84. The number of aliphatic hydroxyl groups excluding tert-OH is 1. The Kier molecular flexibility index (Phi) is 4.85. The fourth-order valence-corrected chi connectivity index (χ4v) is 2.07. The van der Waals surface area contributed by atoms with Crippen molar-refractivity contribution in [2.45, 2.75) is 70.2 Å². The summed E-state index contributed by atoms with van der Waals surface area (Å²) >= 11 is 0. The lowest BCUT2D eigenvalue weighted by Crippen LogP contribution is -2.48. The second-order valence-electron chi connectivity index (χ2n) is 4.39. The molecule has 84 valence electrons. The summed E-state index contributed by atoms with van der Waals surface area (Å²) in [7, 11) is 0. The summed E-state index contributed by atoms with van der Waals surface area (Å²) in [5, 5.41) is 22.5. The first kappa shape index (κ1) is 12.0. The average Bonchev–Trinajstić information content (AvgIpc) is 2.52. The molecule has 1 atom stereocenters. The van der Waals surface area contributed by atoms with Crippen molar-refractivity contribution in [3.05, 3.63) is 0 Å². The lowest BCUT2D eigenvalue weighted by atomic mass is 10.1. The van der Waals surface area contributed by atoms with Gasteiger partial charge in [0.05, 0.1) is 0 Å². The van der Waals surface area contributed by atoms with Gasteiger partial charge in [0.25, 0.3) is 0 Å². The van der Waals surface area contributed by atoms with Crippen molar-refractivity contribution in [3.8, 4) is 0 Å². The summed E-state index contributed by atoms with van der Waals surface area (Å²) in [6.07, 6.45) is 7.22. The van der Waals surface area contributed by atoms with Crippen molar-refractivity contribution in [1.29, 1.82) is 0 Å². The zero-order chi connectivity index (χ0) is 10.4. The van der Waals surface area contributed by atoms with Crippen LogP contribution < -0.4 is 5.32 Å². The van der Waals surface area contributed by atoms with Gasteiger partial charge < -0.3 is 10.2 Å². The van der Waals surface area contributed by atoms with E-state index in [2.05, 4.69) is 12.2 Å². The zero-order valence-electron chi connectivity index (χ0n) is 9.13. The third-order valence-electron chi connectivity index (χ3n) is 2.95. The molecule has 1 unspecified atom stereocenters. The van der Waals surface area contributed by atoms with E-state index in [0.29, 0.717) is 0 Å². The first-order valence-corrected chi connectivity index (χ1v) is 5.84. The highest BCUT2D eigenvalue weighted by atomic mass is 16.3. The molecule has 0 aliphatic heterocycles. The second-order valence-corrected chi connectivity index (χ2v) is 4.39. The Morgan fingerprint density at radius 2 is 1.93 bits per heavy atom. The standard InChI is InChI=1S/C11H23NO2/c1-2-3-4-7-10(13)12-11(14)8-5-6-9-11/h10,12-14H,2-9H2,1H3. The molecule has 1 rings (SSSR count). The van der Waals surface area contributed by atoms with Gasteiger partial charge in [0.15, 0.2) is 0 Å². The molecule has 1 aliphatic rings. The third-order valence-corrected chi connectivity index (χ3v) is 2.95. The molecule has 0 spiro atoms. The van der Waals surface area contributed by atoms with Gasteiger partial charge in [-0.05, 0) is 38.5 Å². The predicted molar refractivity (Wildman–Crippen MR) is 56.7 cm³/mol. The SMILES string of the molecule is CCCCCC(O)NC1(O)CCCC1. The van der Waals surface area contributed by atoms with Crippen LogP contribution in [-0.2, 0) is 0 Å². The van der Waals surface area contributed by atoms with Gasteiger partial charge in [-0.2, -0.15) is 0 Å². The summed E-state index contributed by atoms with van der Waals surface area (Å²) in [6, 6.07) is 0. The quantitative estimate of drug-likeness (QED) is 0.453. The molecule has 0 radical (unpaired) electrons. The summed E-state index contributed by atoms with van der Waals surface area (Å²) in [4.78, 5) is 0. The molecular formula is C11H23NO2. The molecule has 0 saturated heterocycles. The van der Waals surface area contributed by atoms with Crippen LogP contribution in [0.1, 0.15) is 58.3 Å². The molecule has 14 heavy (non-hydrogen) atoms. The van der Waals surface area contributed by atoms with E-state index in [-0.39, 0.29) is 0 Å². The molecule has 3 heteroatoms. The van der Waals surface area contributed by atoms with E-state index in [1.165, 1.54) is 0 Å². The highest BCUT2D eigenvalue weighted by Gasteiger charge is 2.32. The van der Waals surface area contributed by atoms with Crippen molar-refractivity contribution < 1.29 is 10.2 Å². The maximum absolute atomic E-state index is 9.95. The lowest BCUT2D eigenvalue weighted by molar-refractivity contribution is -0.0441. The van der Waals surface area contributed by atoms with E-state index >= 15 is 0 Å². The molecule has 0 aromatic carbocycles. The van der Waals surface area contributed by atoms with Gasteiger partial charge in [0.1, 0.15) is 12.0 Å². The third kappa shape index (κ3) is 3.95. The summed E-state index contributed by atoms with van der Waals surface area (Å²) in [5.74, 6) is 0. The highest BCUT2D eigenvalue weighted by Crippen LogP contribution is 2.27. The number of nitrogens with one attached hydrogen (secondary N) is 1. The van der Waals surface area contributed by atoms with Crippen LogP contribution in [-0.4, -0.2) is 22.2 Å². The fraction of sp³-hybridized carbons (Fsp3) is 1.00. The van der Waals surface area contributed by atoms with Gasteiger partial charge in [0.2, 0.25) is 0 Å². The van der Waals surface area contributed by atoms with Crippen LogP contribution in [0, 0.1) is 0 Å². The normalized spacial score (nSPS) is 22.5. The molecule has 1 aliphatic carbocycles. The highest BCUT2D eigenvalue weighted by molar-refractivity contribution is 4.82. The molecule has 3 N–H and O–H groups in total. The van der Waals surface area contributed by atoms with Crippen molar-refractivity contribution >= 4 is 0 Å². The summed E-state index contributed by atoms with van der Waals surface area (Å²) in [5.41, 5.74) is -0.786. The zero-order valence-corrected chi connectivity index (χ0v) is 9.13. The van der Waals surface area contributed by atoms with Crippen LogP contribution in [0.5, 0.6) is 0 Å². The Morgan fingerprint density at radius 3 is 2.50 bits per heavy atom. The Hall–Kier alpha value is -0.120. The van der Waals surface area contributed by atoms with Crippen molar-refractivity contribution in [1.82, 2.24) is 5.32 Å². The minimum absolute atomic E-state index is 0.537. The Balaban J connectivity index is 2.15. The van der Waals surface area contributed by atoms with Gasteiger partial charge in [0, 0.05) is 0 Å². The van der Waals surface area contributed by atoms with E-state index in [1.807, 2.05) is 0 Å². The van der Waals surface area contributed by atoms with Crippen LogP contribution >= 0.6 is 0 Å². The van der Waals surface area contributed by atoms with Crippen LogP contribution in [0.15, 0.2) is 0 Å². The molecule has 0 heterocycles. The average molecular weight is 201 g/mol. The van der Waals surface area contributed by atoms with Crippen molar-refractivity contribution in [3.63, 3.8) is 0 Å². The maximum atomic E-state index is 9.95. The number of hydrogen-bond acceptors (Lipinski definition) is 3. The van der Waals surface area contributed by atoms with Crippen LogP contribution in [0.2, 0.25) is 0 Å². The topological polar surface area (TPSA) is 52.5 Å². The lowest BCUT2D eigenvalue weighted by Gasteiger charge is -2.27. The molecule has 0 aromatic heterocycles. The number of aliphatic hydroxyl groups is 2. The summed E-state index contributed by atoms with van der Waals surface area (Å²) in [6.45, 7) is 2.14. The van der Waals surface area contributed by atoms with Crippen molar-refractivity contribution in [2.75, 3.05) is 0 Å². The molecule has 0 bridgehead atoms. The molecule has 3 nitrogen and oxygen atoms in total. The van der Waals surface area contributed by atoms with E-state index in [4.69, 9.17) is 0 Å². The van der Waals surface area contributed by atoms with Gasteiger partial charge in [-0.1, -0.05) is 19.8 Å². The number of hydrogen-bond donors (Lipinski definition) is 3. The first-order chi connectivity index (χ1) is 6.66. The van der Waals surface area contributed by atoms with Crippen LogP contribution in [0.4, 0.5) is 0 Å². The maximum Gasteiger partial charge on any atom is 0.117 e. The van der Waals surface area contributed by atoms with Gasteiger partial charge in [-0.3, -0.25) is 5.32 Å². The fourth-order valence-electron chi connectivity index (χ4n) is 2.07. The molecular weight excluding hydrogens is 178 g/mol. The monoisotopic (exact) mass is 201 g/mol. The summed E-state index contributed by atoms with van der Waals surface area (Å²) < 4.78 is 0.